The Hall–Kier alpha value is -1.31. The molecule has 2 aliphatic rings. The highest BCUT2D eigenvalue weighted by molar-refractivity contribution is 5.76. The van der Waals surface area contributed by atoms with Gasteiger partial charge in [-0.25, -0.2) is 0 Å². The lowest BCUT2D eigenvalue weighted by Crippen LogP contribution is -2.19. The summed E-state index contributed by atoms with van der Waals surface area (Å²) >= 11 is 0. The molecule has 1 aromatic carbocycles. The summed E-state index contributed by atoms with van der Waals surface area (Å²) in [5.41, 5.74) is 2.89. The first-order valence-corrected chi connectivity index (χ1v) is 7.36. The number of benzene rings is 1. The van der Waals surface area contributed by atoms with Gasteiger partial charge in [0, 0.05) is 5.56 Å². The lowest BCUT2D eigenvalue weighted by Gasteiger charge is -2.23. The number of hydrogen-bond donors (Lipinski definition) is 0. The Labute approximate surface area is 115 Å². The number of aryl methyl sites for hydroxylation is 2. The number of aldehydes is 1. The monoisotopic (exact) mass is 258 g/mol. The van der Waals surface area contributed by atoms with Crippen LogP contribution < -0.4 is 4.74 Å². The summed E-state index contributed by atoms with van der Waals surface area (Å²) < 4.78 is 6.09. The van der Waals surface area contributed by atoms with Crippen molar-refractivity contribution in [3.63, 3.8) is 0 Å². The predicted molar refractivity (Wildman–Crippen MR) is 75.7 cm³/mol. The largest absolute Gasteiger partial charge is 0.493 e. The first-order chi connectivity index (χ1) is 9.17. The van der Waals surface area contributed by atoms with Gasteiger partial charge in [-0.1, -0.05) is 6.42 Å². The number of hydrogen-bond acceptors (Lipinski definition) is 2. The van der Waals surface area contributed by atoms with Gasteiger partial charge in [0.05, 0.1) is 6.61 Å². The van der Waals surface area contributed by atoms with Gasteiger partial charge >= 0.3 is 0 Å². The van der Waals surface area contributed by atoms with E-state index >= 15 is 0 Å². The number of ether oxygens (including phenoxy) is 1. The third-order valence-corrected chi connectivity index (χ3v) is 4.95. The molecule has 19 heavy (non-hydrogen) atoms. The molecule has 102 valence electrons. The average molecular weight is 258 g/mol. The van der Waals surface area contributed by atoms with Crippen molar-refractivity contribution in [3.8, 4) is 5.75 Å². The number of fused-ring (bicyclic) bond motifs is 2. The minimum atomic E-state index is 0.738. The van der Waals surface area contributed by atoms with Crippen LogP contribution in [-0.2, 0) is 0 Å². The SMILES string of the molecule is Cc1cc(C=O)cc(C)c1OCC1CC2CCC1C2. The number of carbonyl (C=O) groups is 1. The summed E-state index contributed by atoms with van der Waals surface area (Å²) in [6, 6.07) is 3.83. The molecule has 1 aromatic rings. The highest BCUT2D eigenvalue weighted by atomic mass is 16.5. The zero-order chi connectivity index (χ0) is 13.4. The van der Waals surface area contributed by atoms with Crippen molar-refractivity contribution in [3.05, 3.63) is 28.8 Å². The lowest BCUT2D eigenvalue weighted by molar-refractivity contribution is 0.112. The summed E-state index contributed by atoms with van der Waals surface area (Å²) in [7, 11) is 0. The maximum absolute atomic E-state index is 10.8. The highest BCUT2D eigenvalue weighted by Crippen LogP contribution is 2.48. The van der Waals surface area contributed by atoms with E-state index in [2.05, 4.69) is 0 Å². The van der Waals surface area contributed by atoms with Crippen LogP contribution >= 0.6 is 0 Å². The molecule has 3 unspecified atom stereocenters. The van der Waals surface area contributed by atoms with Crippen molar-refractivity contribution in [2.45, 2.75) is 39.5 Å². The van der Waals surface area contributed by atoms with Crippen LogP contribution in [0.1, 0.15) is 47.2 Å². The van der Waals surface area contributed by atoms with Crippen molar-refractivity contribution < 1.29 is 9.53 Å². The molecule has 0 saturated heterocycles. The van der Waals surface area contributed by atoms with E-state index < -0.39 is 0 Å². The van der Waals surface area contributed by atoms with Gasteiger partial charge in [0.2, 0.25) is 0 Å². The maximum Gasteiger partial charge on any atom is 0.150 e. The van der Waals surface area contributed by atoms with Crippen molar-refractivity contribution in [1.29, 1.82) is 0 Å². The van der Waals surface area contributed by atoms with Crippen molar-refractivity contribution >= 4 is 6.29 Å². The van der Waals surface area contributed by atoms with Crippen LogP contribution in [0.2, 0.25) is 0 Å². The van der Waals surface area contributed by atoms with Gasteiger partial charge in [-0.05, 0) is 74.1 Å². The zero-order valence-electron chi connectivity index (χ0n) is 11.8. The van der Waals surface area contributed by atoms with Gasteiger partial charge in [0.1, 0.15) is 12.0 Å². The molecule has 2 nitrogen and oxygen atoms in total. The molecular formula is C17H22O2. The Morgan fingerprint density at radius 1 is 1.21 bits per heavy atom. The van der Waals surface area contributed by atoms with E-state index in [1.54, 1.807) is 0 Å². The van der Waals surface area contributed by atoms with Crippen molar-refractivity contribution in [2.75, 3.05) is 6.61 Å². The standard InChI is InChI=1S/C17H22O2/c1-11-5-14(9-18)6-12(2)17(11)19-10-16-8-13-3-4-15(16)7-13/h5-6,9,13,15-16H,3-4,7-8,10H2,1-2H3. The molecule has 0 radical (unpaired) electrons. The minimum absolute atomic E-state index is 0.738. The summed E-state index contributed by atoms with van der Waals surface area (Å²) in [5.74, 6) is 3.61. The third-order valence-electron chi connectivity index (χ3n) is 4.95. The molecule has 0 aromatic heterocycles. The molecule has 2 bridgehead atoms. The molecule has 0 heterocycles. The fourth-order valence-electron chi connectivity index (χ4n) is 4.05. The molecule has 2 saturated carbocycles. The molecule has 0 amide bonds. The summed E-state index contributed by atoms with van der Waals surface area (Å²) in [5, 5.41) is 0. The van der Waals surface area contributed by atoms with E-state index in [0.29, 0.717) is 0 Å². The van der Waals surface area contributed by atoms with E-state index in [-0.39, 0.29) is 0 Å². The van der Waals surface area contributed by atoms with Crippen LogP contribution in [0.15, 0.2) is 12.1 Å². The lowest BCUT2D eigenvalue weighted by atomic mass is 9.89. The van der Waals surface area contributed by atoms with Crippen molar-refractivity contribution in [1.82, 2.24) is 0 Å². The van der Waals surface area contributed by atoms with E-state index in [1.807, 2.05) is 26.0 Å². The van der Waals surface area contributed by atoms with Gasteiger partial charge in [0.15, 0.2) is 0 Å². The third kappa shape index (κ3) is 2.41. The normalized spacial score (nSPS) is 28.6. The molecular weight excluding hydrogens is 236 g/mol. The molecule has 3 rings (SSSR count). The zero-order valence-corrected chi connectivity index (χ0v) is 11.8. The smallest absolute Gasteiger partial charge is 0.150 e. The summed E-state index contributed by atoms with van der Waals surface area (Å²) in [4.78, 5) is 10.8. The van der Waals surface area contributed by atoms with Crippen LogP contribution in [0.5, 0.6) is 5.75 Å². The van der Waals surface area contributed by atoms with E-state index in [4.69, 9.17) is 4.74 Å². The van der Waals surface area contributed by atoms with E-state index in [0.717, 1.165) is 53.1 Å². The fourth-order valence-corrected chi connectivity index (χ4v) is 4.05. The van der Waals surface area contributed by atoms with Crippen LogP contribution in [0, 0.1) is 31.6 Å². The van der Waals surface area contributed by atoms with Crippen LogP contribution in [0.4, 0.5) is 0 Å². The van der Waals surface area contributed by atoms with E-state index in [1.165, 1.54) is 25.7 Å². The van der Waals surface area contributed by atoms with Gasteiger partial charge in [-0.3, -0.25) is 4.79 Å². The van der Waals surface area contributed by atoms with Crippen LogP contribution in [0.25, 0.3) is 0 Å². The van der Waals surface area contributed by atoms with Crippen LogP contribution in [-0.4, -0.2) is 12.9 Å². The molecule has 2 heteroatoms. The van der Waals surface area contributed by atoms with Gasteiger partial charge in [0.25, 0.3) is 0 Å². The average Bonchev–Trinajstić information content (AvgIpc) is 2.99. The number of carbonyl (C=O) groups excluding carboxylic acids is 1. The summed E-state index contributed by atoms with van der Waals surface area (Å²) in [6.07, 6.45) is 6.53. The second kappa shape index (κ2) is 4.99. The molecule has 0 spiro atoms. The van der Waals surface area contributed by atoms with Gasteiger partial charge in [-0.2, -0.15) is 0 Å². The fraction of sp³-hybridized carbons (Fsp3) is 0.588. The predicted octanol–water partition coefficient (Wildman–Crippen LogP) is 3.93. The Morgan fingerprint density at radius 2 is 1.95 bits per heavy atom. The first kappa shape index (κ1) is 12.7. The molecule has 2 aliphatic carbocycles. The molecule has 0 aliphatic heterocycles. The highest BCUT2D eigenvalue weighted by Gasteiger charge is 2.39. The summed E-state index contributed by atoms with van der Waals surface area (Å²) in [6.45, 7) is 4.90. The molecule has 2 fully saturated rings. The van der Waals surface area contributed by atoms with Crippen LogP contribution in [0.3, 0.4) is 0 Å². The minimum Gasteiger partial charge on any atom is -0.493 e. The molecule has 0 N–H and O–H groups in total. The van der Waals surface area contributed by atoms with Gasteiger partial charge in [-0.15, -0.1) is 0 Å². The quantitative estimate of drug-likeness (QED) is 0.765. The Bertz CT molecular complexity index is 469. The van der Waals surface area contributed by atoms with E-state index in [9.17, 15) is 4.79 Å². The van der Waals surface area contributed by atoms with Crippen molar-refractivity contribution in [2.24, 2.45) is 17.8 Å². The Balaban J connectivity index is 1.68. The maximum atomic E-state index is 10.8. The van der Waals surface area contributed by atoms with Gasteiger partial charge < -0.3 is 4.74 Å². The number of rotatable bonds is 4. The Morgan fingerprint density at radius 3 is 2.47 bits per heavy atom. The second-order valence-corrected chi connectivity index (χ2v) is 6.35. The topological polar surface area (TPSA) is 26.3 Å². The first-order valence-electron chi connectivity index (χ1n) is 7.36. The molecule has 3 atom stereocenters. The second-order valence-electron chi connectivity index (χ2n) is 6.35. The Kier molecular flexibility index (Phi) is 3.34.